The molecule has 0 saturated carbocycles. The van der Waals surface area contributed by atoms with Crippen LogP contribution in [0.2, 0.25) is 10.0 Å². The van der Waals surface area contributed by atoms with Gasteiger partial charge < -0.3 is 15.8 Å². The highest BCUT2D eigenvalue weighted by Crippen LogP contribution is 2.28. The van der Waals surface area contributed by atoms with Crippen molar-refractivity contribution in [2.45, 2.75) is 6.92 Å². The minimum absolute atomic E-state index is 0.307. The third-order valence-electron chi connectivity index (χ3n) is 2.72. The van der Waals surface area contributed by atoms with E-state index in [9.17, 15) is 4.79 Å². The molecule has 0 heterocycles. The van der Waals surface area contributed by atoms with E-state index in [1.807, 2.05) is 6.92 Å². The second-order valence-electron chi connectivity index (χ2n) is 4.27. The Kier molecular flexibility index (Phi) is 4.94. The first-order valence-electron chi connectivity index (χ1n) is 6.30. The maximum atomic E-state index is 12.2. The Hall–Kier alpha value is -1.91. The number of ether oxygens (including phenoxy) is 1. The van der Waals surface area contributed by atoms with Crippen LogP contribution in [0.4, 0.5) is 11.4 Å². The monoisotopic (exact) mass is 324 g/mol. The summed E-state index contributed by atoms with van der Waals surface area (Å²) in [6.07, 6.45) is 0. The molecule has 2 rings (SSSR count). The van der Waals surface area contributed by atoms with Gasteiger partial charge in [0, 0.05) is 11.4 Å². The summed E-state index contributed by atoms with van der Waals surface area (Å²) in [5.74, 6) is 0.215. The van der Waals surface area contributed by atoms with Gasteiger partial charge in [-0.15, -0.1) is 0 Å². The third kappa shape index (κ3) is 3.80. The summed E-state index contributed by atoms with van der Waals surface area (Å²) in [6, 6.07) is 9.75. The highest BCUT2D eigenvalue weighted by molar-refractivity contribution is 6.34. The summed E-state index contributed by atoms with van der Waals surface area (Å²) in [5, 5.41) is 3.47. The van der Waals surface area contributed by atoms with Crippen LogP contribution in [-0.4, -0.2) is 12.5 Å². The molecule has 0 unspecified atom stereocenters. The number of carbonyl (C=O) groups excluding carboxylic acids is 1. The van der Waals surface area contributed by atoms with Crippen molar-refractivity contribution in [1.82, 2.24) is 0 Å². The summed E-state index contributed by atoms with van der Waals surface area (Å²) >= 11 is 12.1. The fourth-order valence-corrected chi connectivity index (χ4v) is 2.20. The third-order valence-corrected chi connectivity index (χ3v) is 3.35. The van der Waals surface area contributed by atoms with E-state index in [0.29, 0.717) is 39.3 Å². The number of nitrogens with two attached hydrogens (primary N) is 1. The van der Waals surface area contributed by atoms with Crippen LogP contribution in [0.5, 0.6) is 5.75 Å². The highest BCUT2D eigenvalue weighted by Gasteiger charge is 2.12. The van der Waals surface area contributed by atoms with Gasteiger partial charge in [-0.25, -0.2) is 0 Å². The molecule has 0 aliphatic heterocycles. The molecule has 0 atom stereocenters. The van der Waals surface area contributed by atoms with E-state index in [0.717, 1.165) is 0 Å². The molecule has 0 radical (unpaired) electrons. The Morgan fingerprint density at radius 3 is 2.62 bits per heavy atom. The quantitative estimate of drug-likeness (QED) is 0.827. The first-order valence-corrected chi connectivity index (χ1v) is 7.05. The lowest BCUT2D eigenvalue weighted by Crippen LogP contribution is -2.13. The molecule has 4 nitrogen and oxygen atoms in total. The number of carbonyl (C=O) groups is 1. The van der Waals surface area contributed by atoms with E-state index in [4.69, 9.17) is 33.7 Å². The smallest absolute Gasteiger partial charge is 0.257 e. The van der Waals surface area contributed by atoms with Crippen molar-refractivity contribution in [3.63, 3.8) is 0 Å². The predicted molar refractivity (Wildman–Crippen MR) is 86.4 cm³/mol. The van der Waals surface area contributed by atoms with Crippen LogP contribution in [0, 0.1) is 0 Å². The van der Waals surface area contributed by atoms with E-state index in [1.165, 1.54) is 6.07 Å². The van der Waals surface area contributed by atoms with Crippen LogP contribution < -0.4 is 15.8 Å². The van der Waals surface area contributed by atoms with E-state index in [-0.39, 0.29) is 5.91 Å². The zero-order valence-electron chi connectivity index (χ0n) is 11.3. The molecule has 21 heavy (non-hydrogen) atoms. The molecule has 0 bridgehead atoms. The molecule has 110 valence electrons. The fraction of sp³-hybridized carbons (Fsp3) is 0.133. The minimum Gasteiger partial charge on any atom is -0.492 e. The maximum Gasteiger partial charge on any atom is 0.257 e. The van der Waals surface area contributed by atoms with Gasteiger partial charge in [0.05, 0.1) is 22.2 Å². The van der Waals surface area contributed by atoms with Crippen molar-refractivity contribution in [1.29, 1.82) is 0 Å². The first kappa shape index (κ1) is 15.5. The fourth-order valence-electron chi connectivity index (χ4n) is 1.77. The van der Waals surface area contributed by atoms with Crippen LogP contribution in [0.25, 0.3) is 0 Å². The van der Waals surface area contributed by atoms with Crippen molar-refractivity contribution in [3.05, 3.63) is 52.0 Å². The van der Waals surface area contributed by atoms with Gasteiger partial charge in [-0.1, -0.05) is 23.2 Å². The number of benzene rings is 2. The average Bonchev–Trinajstić information content (AvgIpc) is 2.44. The predicted octanol–water partition coefficient (Wildman–Crippen LogP) is 4.23. The van der Waals surface area contributed by atoms with Gasteiger partial charge >= 0.3 is 0 Å². The molecule has 0 spiro atoms. The van der Waals surface area contributed by atoms with Crippen molar-refractivity contribution in [3.8, 4) is 5.75 Å². The van der Waals surface area contributed by atoms with Crippen molar-refractivity contribution >= 4 is 40.5 Å². The van der Waals surface area contributed by atoms with Gasteiger partial charge in [-0.3, -0.25) is 4.79 Å². The summed E-state index contributed by atoms with van der Waals surface area (Å²) < 4.78 is 5.33. The molecular formula is C15H14Cl2N2O2. The van der Waals surface area contributed by atoms with Gasteiger partial charge in [0.15, 0.2) is 0 Å². The van der Waals surface area contributed by atoms with Gasteiger partial charge in [0.1, 0.15) is 5.75 Å². The molecule has 1 amide bonds. The molecular weight excluding hydrogens is 311 g/mol. The Bertz CT molecular complexity index is 675. The summed E-state index contributed by atoms with van der Waals surface area (Å²) in [6.45, 7) is 2.39. The number of rotatable bonds is 4. The normalized spacial score (nSPS) is 10.2. The number of nitrogens with one attached hydrogen (secondary N) is 1. The van der Waals surface area contributed by atoms with Crippen molar-refractivity contribution in [2.24, 2.45) is 0 Å². The molecule has 0 aromatic heterocycles. The van der Waals surface area contributed by atoms with Crippen LogP contribution in [0.3, 0.4) is 0 Å². The zero-order chi connectivity index (χ0) is 15.4. The number of anilines is 2. The Morgan fingerprint density at radius 2 is 1.95 bits per heavy atom. The molecule has 2 aromatic rings. The zero-order valence-corrected chi connectivity index (χ0v) is 12.8. The maximum absolute atomic E-state index is 12.2. The van der Waals surface area contributed by atoms with E-state index < -0.39 is 0 Å². The van der Waals surface area contributed by atoms with Crippen molar-refractivity contribution < 1.29 is 9.53 Å². The summed E-state index contributed by atoms with van der Waals surface area (Å²) in [4.78, 5) is 12.2. The lowest BCUT2D eigenvalue weighted by atomic mass is 10.2. The van der Waals surface area contributed by atoms with Crippen molar-refractivity contribution in [2.75, 3.05) is 17.7 Å². The molecule has 0 aliphatic carbocycles. The van der Waals surface area contributed by atoms with Gasteiger partial charge in [0.25, 0.3) is 5.91 Å². The topological polar surface area (TPSA) is 64.3 Å². The second kappa shape index (κ2) is 6.70. The van der Waals surface area contributed by atoms with Gasteiger partial charge in [-0.05, 0) is 43.3 Å². The molecule has 2 aromatic carbocycles. The largest absolute Gasteiger partial charge is 0.492 e. The van der Waals surface area contributed by atoms with Crippen LogP contribution >= 0.6 is 23.2 Å². The number of hydrogen-bond acceptors (Lipinski definition) is 3. The first-order chi connectivity index (χ1) is 10.0. The lowest BCUT2D eigenvalue weighted by Gasteiger charge is -2.10. The van der Waals surface area contributed by atoms with Gasteiger partial charge in [0.2, 0.25) is 0 Å². The molecule has 6 heteroatoms. The highest BCUT2D eigenvalue weighted by atomic mass is 35.5. The van der Waals surface area contributed by atoms with Gasteiger partial charge in [-0.2, -0.15) is 0 Å². The summed E-state index contributed by atoms with van der Waals surface area (Å²) in [5.41, 5.74) is 6.98. The number of hydrogen-bond donors (Lipinski definition) is 2. The van der Waals surface area contributed by atoms with Crippen LogP contribution in [-0.2, 0) is 0 Å². The molecule has 3 N–H and O–H groups in total. The van der Waals surface area contributed by atoms with Crippen LogP contribution in [0.15, 0.2) is 36.4 Å². The Labute approximate surface area is 132 Å². The van der Waals surface area contributed by atoms with E-state index in [2.05, 4.69) is 5.32 Å². The SMILES string of the molecule is CCOc1ccc(NC(=O)c2cc(N)ccc2Cl)cc1Cl. The number of amides is 1. The molecule has 0 saturated heterocycles. The second-order valence-corrected chi connectivity index (χ2v) is 5.09. The lowest BCUT2D eigenvalue weighted by molar-refractivity contribution is 0.102. The number of nitrogen functional groups attached to an aromatic ring is 1. The van der Waals surface area contributed by atoms with Crippen LogP contribution in [0.1, 0.15) is 17.3 Å². The number of halogens is 2. The standard InChI is InChI=1S/C15H14Cl2N2O2/c1-2-21-14-6-4-10(8-13(14)17)19-15(20)11-7-9(18)3-5-12(11)16/h3-8H,2,18H2,1H3,(H,19,20). The Morgan fingerprint density at radius 1 is 1.19 bits per heavy atom. The molecule has 0 aliphatic rings. The average molecular weight is 325 g/mol. The molecule has 0 fully saturated rings. The van der Waals surface area contributed by atoms with E-state index >= 15 is 0 Å². The van der Waals surface area contributed by atoms with E-state index in [1.54, 1.807) is 30.3 Å². The summed E-state index contributed by atoms with van der Waals surface area (Å²) in [7, 11) is 0. The minimum atomic E-state index is -0.354. The Balaban J connectivity index is 2.19.